The van der Waals surface area contributed by atoms with E-state index in [1.165, 1.54) is 37.4 Å². The zero-order valence-corrected chi connectivity index (χ0v) is 11.4. The van der Waals surface area contributed by atoms with E-state index < -0.39 is 11.4 Å². The Bertz CT molecular complexity index is 592. The Balaban J connectivity index is 2.34. The second-order valence-corrected chi connectivity index (χ2v) is 4.92. The van der Waals surface area contributed by atoms with E-state index in [0.29, 0.717) is 11.3 Å². The molecule has 1 N–H and O–H groups in total. The van der Waals surface area contributed by atoms with Crippen LogP contribution in [0, 0.1) is 11.6 Å². The Morgan fingerprint density at radius 2 is 1.65 bits per heavy atom. The van der Waals surface area contributed by atoms with Gasteiger partial charge in [-0.25, -0.2) is 8.78 Å². The van der Waals surface area contributed by atoms with Crippen molar-refractivity contribution >= 4 is 0 Å². The van der Waals surface area contributed by atoms with Gasteiger partial charge in [0, 0.05) is 12.0 Å². The summed E-state index contributed by atoms with van der Waals surface area (Å²) in [5, 5.41) is 10.6. The van der Waals surface area contributed by atoms with E-state index in [-0.39, 0.29) is 12.2 Å². The van der Waals surface area contributed by atoms with Crippen LogP contribution in [0.25, 0.3) is 0 Å². The zero-order valence-electron chi connectivity index (χ0n) is 11.4. The maximum Gasteiger partial charge on any atom is 0.125 e. The zero-order chi connectivity index (χ0) is 14.8. The third-order valence-electron chi connectivity index (χ3n) is 3.20. The van der Waals surface area contributed by atoms with Crippen LogP contribution in [-0.4, -0.2) is 12.2 Å². The number of rotatable bonds is 4. The van der Waals surface area contributed by atoms with Crippen LogP contribution in [0.2, 0.25) is 0 Å². The molecule has 0 spiro atoms. The van der Waals surface area contributed by atoms with Gasteiger partial charge in [0.2, 0.25) is 0 Å². The van der Waals surface area contributed by atoms with E-state index in [4.69, 9.17) is 4.74 Å². The minimum Gasteiger partial charge on any atom is -0.496 e. The summed E-state index contributed by atoms with van der Waals surface area (Å²) in [4.78, 5) is 0. The molecule has 1 unspecified atom stereocenters. The highest BCUT2D eigenvalue weighted by Crippen LogP contribution is 2.33. The molecule has 0 amide bonds. The van der Waals surface area contributed by atoms with Gasteiger partial charge in [-0.3, -0.25) is 0 Å². The molecule has 0 heterocycles. The molecule has 20 heavy (non-hydrogen) atoms. The van der Waals surface area contributed by atoms with Crippen LogP contribution < -0.4 is 4.74 Å². The fraction of sp³-hybridized carbons (Fsp3) is 0.250. The van der Waals surface area contributed by atoms with Gasteiger partial charge >= 0.3 is 0 Å². The molecule has 0 aliphatic heterocycles. The summed E-state index contributed by atoms with van der Waals surface area (Å²) in [5.74, 6) is -0.365. The average molecular weight is 278 g/mol. The minimum atomic E-state index is -1.31. The van der Waals surface area contributed by atoms with Crippen LogP contribution in [0.5, 0.6) is 5.75 Å². The van der Waals surface area contributed by atoms with Crippen LogP contribution in [0.3, 0.4) is 0 Å². The Hall–Kier alpha value is -1.94. The molecule has 0 saturated heterocycles. The maximum absolute atomic E-state index is 13.4. The first-order valence-electron chi connectivity index (χ1n) is 6.23. The van der Waals surface area contributed by atoms with Crippen molar-refractivity contribution in [1.82, 2.24) is 0 Å². The third kappa shape index (κ3) is 3.14. The lowest BCUT2D eigenvalue weighted by molar-refractivity contribution is 0.0546. The van der Waals surface area contributed by atoms with Crippen LogP contribution in [0.4, 0.5) is 8.78 Å². The number of ether oxygens (including phenoxy) is 1. The van der Waals surface area contributed by atoms with Crippen LogP contribution in [0.15, 0.2) is 42.5 Å². The van der Waals surface area contributed by atoms with Crippen LogP contribution in [-0.2, 0) is 12.0 Å². The summed E-state index contributed by atoms with van der Waals surface area (Å²) in [5.41, 5.74) is -0.197. The lowest BCUT2D eigenvalue weighted by Crippen LogP contribution is -2.25. The van der Waals surface area contributed by atoms with Gasteiger partial charge in [-0.1, -0.05) is 12.1 Å². The Morgan fingerprint density at radius 1 is 1.05 bits per heavy atom. The van der Waals surface area contributed by atoms with Gasteiger partial charge in [-0.15, -0.1) is 0 Å². The summed E-state index contributed by atoms with van der Waals surface area (Å²) < 4.78 is 31.4. The molecule has 2 rings (SSSR count). The van der Waals surface area contributed by atoms with Crippen molar-refractivity contribution in [3.8, 4) is 5.75 Å². The molecule has 4 heteroatoms. The quantitative estimate of drug-likeness (QED) is 0.928. The van der Waals surface area contributed by atoms with Crippen molar-refractivity contribution < 1.29 is 18.6 Å². The van der Waals surface area contributed by atoms with E-state index in [0.717, 1.165) is 5.56 Å². The Kier molecular flexibility index (Phi) is 4.04. The van der Waals surface area contributed by atoms with Crippen molar-refractivity contribution in [2.45, 2.75) is 18.9 Å². The second kappa shape index (κ2) is 5.59. The lowest BCUT2D eigenvalue weighted by atomic mass is 9.88. The number of aliphatic hydroxyl groups is 1. The summed E-state index contributed by atoms with van der Waals surface area (Å²) in [6, 6.07) is 9.84. The van der Waals surface area contributed by atoms with E-state index in [1.807, 2.05) is 0 Å². The maximum atomic E-state index is 13.4. The molecule has 1 atom stereocenters. The van der Waals surface area contributed by atoms with Crippen molar-refractivity contribution in [1.29, 1.82) is 0 Å². The van der Waals surface area contributed by atoms with Crippen LogP contribution >= 0.6 is 0 Å². The Morgan fingerprint density at radius 3 is 2.25 bits per heavy atom. The van der Waals surface area contributed by atoms with Gasteiger partial charge in [0.15, 0.2) is 0 Å². The van der Waals surface area contributed by atoms with E-state index >= 15 is 0 Å². The molecule has 106 valence electrons. The van der Waals surface area contributed by atoms with Crippen molar-refractivity contribution in [2.24, 2.45) is 0 Å². The summed E-state index contributed by atoms with van der Waals surface area (Å²) >= 11 is 0. The smallest absolute Gasteiger partial charge is 0.125 e. The van der Waals surface area contributed by atoms with Crippen molar-refractivity contribution in [2.75, 3.05) is 7.11 Å². The number of halogens is 2. The predicted octanol–water partition coefficient (Wildman–Crippen LogP) is 3.42. The molecular formula is C16H16F2O2. The van der Waals surface area contributed by atoms with Gasteiger partial charge in [-0.2, -0.15) is 0 Å². The first-order chi connectivity index (χ1) is 9.42. The average Bonchev–Trinajstić information content (AvgIpc) is 2.41. The molecule has 0 saturated carbocycles. The number of benzene rings is 2. The third-order valence-corrected chi connectivity index (χ3v) is 3.20. The van der Waals surface area contributed by atoms with Gasteiger partial charge in [0.1, 0.15) is 17.4 Å². The molecule has 0 aromatic heterocycles. The van der Waals surface area contributed by atoms with Crippen molar-refractivity contribution in [3.05, 3.63) is 65.2 Å². The van der Waals surface area contributed by atoms with Gasteiger partial charge in [0.25, 0.3) is 0 Å². The largest absolute Gasteiger partial charge is 0.496 e. The molecular weight excluding hydrogens is 262 g/mol. The fourth-order valence-electron chi connectivity index (χ4n) is 2.20. The summed E-state index contributed by atoms with van der Waals surface area (Å²) in [6.45, 7) is 1.58. The highest BCUT2D eigenvalue weighted by atomic mass is 19.1. The molecule has 0 fully saturated rings. The molecule has 2 aromatic carbocycles. The second-order valence-electron chi connectivity index (χ2n) is 4.92. The van der Waals surface area contributed by atoms with E-state index in [1.54, 1.807) is 19.1 Å². The predicted molar refractivity (Wildman–Crippen MR) is 72.6 cm³/mol. The van der Waals surface area contributed by atoms with Gasteiger partial charge < -0.3 is 9.84 Å². The molecule has 2 aromatic rings. The minimum absolute atomic E-state index is 0.229. The van der Waals surface area contributed by atoms with Gasteiger partial charge in [0.05, 0.1) is 12.7 Å². The number of methoxy groups -OCH3 is 1. The van der Waals surface area contributed by atoms with Crippen LogP contribution in [0.1, 0.15) is 18.1 Å². The number of hydrogen-bond acceptors (Lipinski definition) is 2. The first-order valence-corrected chi connectivity index (χ1v) is 6.23. The normalized spacial score (nSPS) is 13.8. The molecule has 0 radical (unpaired) electrons. The number of hydrogen-bond donors (Lipinski definition) is 1. The van der Waals surface area contributed by atoms with Crippen molar-refractivity contribution in [3.63, 3.8) is 0 Å². The standard InChI is InChI=1S/C16H16F2O2/c1-16(19,10-11-3-5-12(17)6-4-11)14-9-13(18)7-8-15(14)20-2/h3-9,19H,10H2,1-2H3. The monoisotopic (exact) mass is 278 g/mol. The highest BCUT2D eigenvalue weighted by molar-refractivity contribution is 5.39. The summed E-state index contributed by atoms with van der Waals surface area (Å²) in [7, 11) is 1.46. The summed E-state index contributed by atoms with van der Waals surface area (Å²) in [6.07, 6.45) is 0.229. The highest BCUT2D eigenvalue weighted by Gasteiger charge is 2.27. The molecule has 0 aliphatic carbocycles. The Labute approximate surface area is 116 Å². The van der Waals surface area contributed by atoms with E-state index in [9.17, 15) is 13.9 Å². The fourth-order valence-corrected chi connectivity index (χ4v) is 2.20. The topological polar surface area (TPSA) is 29.5 Å². The van der Waals surface area contributed by atoms with E-state index in [2.05, 4.69) is 0 Å². The SMILES string of the molecule is COc1ccc(F)cc1C(C)(O)Cc1ccc(F)cc1. The molecule has 0 aliphatic rings. The molecule has 2 nitrogen and oxygen atoms in total. The lowest BCUT2D eigenvalue weighted by Gasteiger charge is -2.26. The van der Waals surface area contributed by atoms with Gasteiger partial charge in [-0.05, 0) is 42.8 Å². The molecule has 0 bridgehead atoms. The first kappa shape index (κ1) is 14.5.